The van der Waals surface area contributed by atoms with Crippen molar-refractivity contribution in [2.24, 2.45) is 0 Å². The van der Waals surface area contributed by atoms with E-state index in [0.29, 0.717) is 16.8 Å². The van der Waals surface area contributed by atoms with Crippen molar-refractivity contribution in [2.75, 3.05) is 36.4 Å². The number of nitriles is 1. The maximum atomic E-state index is 12.7. The van der Waals surface area contributed by atoms with Gasteiger partial charge in [-0.05, 0) is 29.8 Å². The number of pyridine rings is 1. The third-order valence-corrected chi connectivity index (χ3v) is 5.25. The predicted molar refractivity (Wildman–Crippen MR) is 117 cm³/mol. The summed E-state index contributed by atoms with van der Waals surface area (Å²) in [6.07, 6.45) is 1.66. The minimum atomic E-state index is -0.246. The first-order valence-electron chi connectivity index (χ1n) is 10.0. The summed E-state index contributed by atoms with van der Waals surface area (Å²) in [5, 5.41) is 12.0. The van der Waals surface area contributed by atoms with Crippen molar-refractivity contribution in [3.8, 4) is 6.07 Å². The Hall–Kier alpha value is -3.69. The number of hydrogen-bond donors (Lipinski definition) is 1. The average molecular weight is 397 g/mol. The summed E-state index contributed by atoms with van der Waals surface area (Å²) < 4.78 is 0. The van der Waals surface area contributed by atoms with E-state index < -0.39 is 0 Å². The largest absolute Gasteiger partial charge is 0.354 e. The molecule has 1 aliphatic rings. The highest BCUT2D eigenvalue weighted by molar-refractivity contribution is 6.05. The van der Waals surface area contributed by atoms with Crippen LogP contribution in [0, 0.1) is 11.3 Å². The molecule has 3 aromatic rings. The van der Waals surface area contributed by atoms with Crippen LogP contribution < -0.4 is 10.2 Å². The van der Waals surface area contributed by atoms with E-state index in [9.17, 15) is 10.1 Å². The zero-order chi connectivity index (χ0) is 20.8. The van der Waals surface area contributed by atoms with Gasteiger partial charge in [0, 0.05) is 44.5 Å². The van der Waals surface area contributed by atoms with Crippen molar-refractivity contribution < 1.29 is 4.79 Å². The van der Waals surface area contributed by atoms with Crippen LogP contribution in [0.5, 0.6) is 0 Å². The van der Waals surface area contributed by atoms with Crippen molar-refractivity contribution in [2.45, 2.75) is 6.54 Å². The molecule has 0 spiro atoms. The van der Waals surface area contributed by atoms with Gasteiger partial charge in [0.2, 0.25) is 0 Å². The van der Waals surface area contributed by atoms with Crippen molar-refractivity contribution >= 4 is 17.4 Å². The van der Waals surface area contributed by atoms with Crippen molar-refractivity contribution in [3.05, 3.63) is 89.6 Å². The van der Waals surface area contributed by atoms with Crippen molar-refractivity contribution in [1.29, 1.82) is 5.26 Å². The maximum absolute atomic E-state index is 12.7. The number of carbonyl (C=O) groups is 1. The van der Waals surface area contributed by atoms with Gasteiger partial charge in [0.1, 0.15) is 11.9 Å². The van der Waals surface area contributed by atoms with Gasteiger partial charge in [-0.3, -0.25) is 9.69 Å². The number of amides is 1. The van der Waals surface area contributed by atoms with Gasteiger partial charge in [-0.1, -0.05) is 42.5 Å². The Labute approximate surface area is 176 Å². The first-order valence-corrected chi connectivity index (χ1v) is 10.0. The summed E-state index contributed by atoms with van der Waals surface area (Å²) in [7, 11) is 0. The van der Waals surface area contributed by atoms with Crippen LogP contribution in [0.25, 0.3) is 0 Å². The minimum Gasteiger partial charge on any atom is -0.354 e. The summed E-state index contributed by atoms with van der Waals surface area (Å²) in [5.41, 5.74) is 2.80. The SMILES string of the molecule is N#Cc1ccccc1NC(=O)c1ccnc(N2CCN(Cc3ccccc3)CC2)c1. The average Bonchev–Trinajstić information content (AvgIpc) is 2.81. The molecule has 30 heavy (non-hydrogen) atoms. The van der Waals surface area contributed by atoms with E-state index in [1.807, 2.05) is 12.1 Å². The lowest BCUT2D eigenvalue weighted by Crippen LogP contribution is -2.46. The molecule has 1 N–H and O–H groups in total. The Kier molecular flexibility index (Phi) is 6.02. The molecular formula is C24H23N5O. The van der Waals surface area contributed by atoms with Crippen LogP contribution in [0.2, 0.25) is 0 Å². The molecule has 0 saturated carbocycles. The number of rotatable bonds is 5. The van der Waals surface area contributed by atoms with Gasteiger partial charge < -0.3 is 10.2 Å². The van der Waals surface area contributed by atoms with Gasteiger partial charge in [0.25, 0.3) is 5.91 Å². The molecule has 1 amide bonds. The molecule has 1 saturated heterocycles. The van der Waals surface area contributed by atoms with Gasteiger partial charge in [0.05, 0.1) is 11.3 Å². The first kappa shape index (κ1) is 19.6. The fourth-order valence-corrected chi connectivity index (χ4v) is 3.59. The van der Waals surface area contributed by atoms with Crippen LogP contribution in [-0.4, -0.2) is 42.0 Å². The van der Waals surface area contributed by atoms with Gasteiger partial charge in [0.15, 0.2) is 0 Å². The molecule has 150 valence electrons. The fraction of sp³-hybridized carbons (Fsp3) is 0.208. The molecule has 0 unspecified atom stereocenters. The van der Waals surface area contributed by atoms with E-state index in [1.165, 1.54) is 5.56 Å². The van der Waals surface area contributed by atoms with Gasteiger partial charge in [-0.15, -0.1) is 0 Å². The lowest BCUT2D eigenvalue weighted by Gasteiger charge is -2.35. The number of para-hydroxylation sites is 1. The highest BCUT2D eigenvalue weighted by Crippen LogP contribution is 2.19. The van der Waals surface area contributed by atoms with Crippen molar-refractivity contribution in [3.63, 3.8) is 0 Å². The molecule has 2 aromatic carbocycles. The maximum Gasteiger partial charge on any atom is 0.255 e. The first-order chi connectivity index (χ1) is 14.7. The predicted octanol–water partition coefficient (Wildman–Crippen LogP) is 3.53. The Morgan fingerprint density at radius 3 is 2.50 bits per heavy atom. The number of benzene rings is 2. The molecule has 0 atom stereocenters. The molecule has 4 rings (SSSR count). The number of anilines is 2. The Morgan fingerprint density at radius 1 is 1.00 bits per heavy atom. The van der Waals surface area contributed by atoms with Gasteiger partial charge >= 0.3 is 0 Å². The molecule has 0 radical (unpaired) electrons. The highest BCUT2D eigenvalue weighted by atomic mass is 16.1. The lowest BCUT2D eigenvalue weighted by atomic mass is 10.1. The van der Waals surface area contributed by atoms with Crippen LogP contribution in [0.1, 0.15) is 21.5 Å². The van der Waals surface area contributed by atoms with E-state index in [4.69, 9.17) is 0 Å². The number of aromatic nitrogens is 1. The number of nitrogens with zero attached hydrogens (tertiary/aromatic N) is 4. The molecular weight excluding hydrogens is 374 g/mol. The fourth-order valence-electron chi connectivity index (χ4n) is 3.59. The standard InChI is InChI=1S/C24H23N5O/c25-17-21-8-4-5-9-22(21)27-24(30)20-10-11-26-23(16-20)29-14-12-28(13-15-29)18-19-6-2-1-3-7-19/h1-11,16H,12-15,18H2,(H,27,30). The Bertz CT molecular complexity index is 1050. The summed E-state index contributed by atoms with van der Waals surface area (Å²) in [6, 6.07) is 23.1. The van der Waals surface area contributed by atoms with E-state index in [0.717, 1.165) is 38.5 Å². The molecule has 1 aromatic heterocycles. The van der Waals surface area contributed by atoms with Gasteiger partial charge in [-0.2, -0.15) is 5.26 Å². The van der Waals surface area contributed by atoms with E-state index in [2.05, 4.69) is 50.4 Å². The second-order valence-electron chi connectivity index (χ2n) is 7.26. The third-order valence-electron chi connectivity index (χ3n) is 5.25. The quantitative estimate of drug-likeness (QED) is 0.713. The lowest BCUT2D eigenvalue weighted by molar-refractivity contribution is 0.102. The minimum absolute atomic E-state index is 0.246. The number of carbonyl (C=O) groups excluding carboxylic acids is 1. The Balaban J connectivity index is 1.39. The number of nitrogens with one attached hydrogen (secondary N) is 1. The van der Waals surface area contributed by atoms with Crippen molar-refractivity contribution in [1.82, 2.24) is 9.88 Å². The zero-order valence-corrected chi connectivity index (χ0v) is 16.7. The molecule has 1 fully saturated rings. The summed E-state index contributed by atoms with van der Waals surface area (Å²) in [6.45, 7) is 4.57. The van der Waals surface area contributed by atoms with Crippen LogP contribution in [0.15, 0.2) is 72.9 Å². The molecule has 1 aliphatic heterocycles. The van der Waals surface area contributed by atoms with Crippen LogP contribution in [0.3, 0.4) is 0 Å². The molecule has 6 nitrogen and oxygen atoms in total. The second-order valence-corrected chi connectivity index (χ2v) is 7.26. The number of hydrogen-bond acceptors (Lipinski definition) is 5. The van der Waals surface area contributed by atoms with E-state index in [-0.39, 0.29) is 5.91 Å². The summed E-state index contributed by atoms with van der Waals surface area (Å²) in [5.74, 6) is 0.555. The molecule has 2 heterocycles. The molecule has 0 bridgehead atoms. The second kappa shape index (κ2) is 9.21. The number of piperazine rings is 1. The third kappa shape index (κ3) is 4.65. The summed E-state index contributed by atoms with van der Waals surface area (Å²) >= 11 is 0. The topological polar surface area (TPSA) is 72.3 Å². The van der Waals surface area contributed by atoms with Crippen LogP contribution >= 0.6 is 0 Å². The Morgan fingerprint density at radius 2 is 1.73 bits per heavy atom. The summed E-state index contributed by atoms with van der Waals surface area (Å²) in [4.78, 5) is 21.8. The van der Waals surface area contributed by atoms with E-state index >= 15 is 0 Å². The normalized spacial score (nSPS) is 14.2. The molecule has 0 aliphatic carbocycles. The van der Waals surface area contributed by atoms with Crippen LogP contribution in [-0.2, 0) is 6.54 Å². The highest BCUT2D eigenvalue weighted by Gasteiger charge is 2.19. The monoisotopic (exact) mass is 397 g/mol. The molecule has 6 heteroatoms. The van der Waals surface area contributed by atoms with E-state index in [1.54, 1.807) is 36.5 Å². The zero-order valence-electron chi connectivity index (χ0n) is 16.7. The van der Waals surface area contributed by atoms with Gasteiger partial charge in [-0.25, -0.2) is 4.98 Å². The smallest absolute Gasteiger partial charge is 0.255 e. The van der Waals surface area contributed by atoms with Crippen LogP contribution in [0.4, 0.5) is 11.5 Å².